The number of amides is 1. The van der Waals surface area contributed by atoms with Crippen LogP contribution in [0, 0.1) is 5.92 Å². The van der Waals surface area contributed by atoms with E-state index in [-0.39, 0.29) is 18.0 Å². The number of primary amides is 1. The number of hydrogen-bond donors (Lipinski definition) is 2. The minimum Gasteiger partial charge on any atom is -0.381 e. The standard InChI is InChI=1S/C10H20N2O2/c1-7(2)12-9(10(11)13)8-3-5-14-6-4-8/h7-9,12H,3-6H2,1-2H3,(H2,11,13). The van der Waals surface area contributed by atoms with Gasteiger partial charge in [0.25, 0.3) is 0 Å². The molecule has 1 heterocycles. The van der Waals surface area contributed by atoms with Crippen molar-refractivity contribution in [2.45, 2.75) is 38.8 Å². The van der Waals surface area contributed by atoms with Gasteiger partial charge < -0.3 is 15.8 Å². The highest BCUT2D eigenvalue weighted by atomic mass is 16.5. The number of rotatable bonds is 4. The third-order valence-corrected chi connectivity index (χ3v) is 2.56. The molecule has 1 rings (SSSR count). The van der Waals surface area contributed by atoms with Crippen LogP contribution < -0.4 is 11.1 Å². The molecule has 14 heavy (non-hydrogen) atoms. The first-order valence-electron chi connectivity index (χ1n) is 5.24. The van der Waals surface area contributed by atoms with Crippen LogP contribution in [0.25, 0.3) is 0 Å². The number of ether oxygens (including phenoxy) is 1. The summed E-state index contributed by atoms with van der Waals surface area (Å²) in [5.74, 6) is 0.0919. The van der Waals surface area contributed by atoms with Crippen LogP contribution in [-0.2, 0) is 9.53 Å². The van der Waals surface area contributed by atoms with Gasteiger partial charge >= 0.3 is 0 Å². The Bertz CT molecular complexity index is 189. The molecule has 0 radical (unpaired) electrons. The van der Waals surface area contributed by atoms with Crippen molar-refractivity contribution in [1.29, 1.82) is 0 Å². The summed E-state index contributed by atoms with van der Waals surface area (Å²) in [6.07, 6.45) is 1.85. The maximum Gasteiger partial charge on any atom is 0.234 e. The van der Waals surface area contributed by atoms with Crippen molar-refractivity contribution in [2.75, 3.05) is 13.2 Å². The monoisotopic (exact) mass is 200 g/mol. The molecule has 0 aromatic rings. The quantitative estimate of drug-likeness (QED) is 0.684. The number of nitrogens with two attached hydrogens (primary N) is 1. The summed E-state index contributed by atoms with van der Waals surface area (Å²) in [7, 11) is 0. The Morgan fingerprint density at radius 3 is 2.43 bits per heavy atom. The molecular formula is C10H20N2O2. The lowest BCUT2D eigenvalue weighted by molar-refractivity contribution is -0.122. The second-order valence-corrected chi connectivity index (χ2v) is 4.15. The second-order valence-electron chi connectivity index (χ2n) is 4.15. The van der Waals surface area contributed by atoms with Crippen LogP contribution in [0.3, 0.4) is 0 Å². The molecular weight excluding hydrogens is 180 g/mol. The Labute approximate surface area is 85.2 Å². The Morgan fingerprint density at radius 1 is 1.43 bits per heavy atom. The number of carbonyl (C=O) groups is 1. The van der Waals surface area contributed by atoms with Gasteiger partial charge in [0, 0.05) is 19.3 Å². The summed E-state index contributed by atoms with van der Waals surface area (Å²) in [6, 6.07) is 0.0919. The minimum absolute atomic E-state index is 0.195. The molecule has 0 saturated carbocycles. The largest absolute Gasteiger partial charge is 0.381 e. The number of carbonyl (C=O) groups excluding carboxylic acids is 1. The van der Waals surface area contributed by atoms with E-state index in [2.05, 4.69) is 5.32 Å². The molecule has 0 spiro atoms. The molecule has 1 saturated heterocycles. The first-order chi connectivity index (χ1) is 6.61. The van der Waals surface area contributed by atoms with E-state index >= 15 is 0 Å². The summed E-state index contributed by atoms with van der Waals surface area (Å²) in [6.45, 7) is 5.53. The van der Waals surface area contributed by atoms with E-state index in [1.165, 1.54) is 0 Å². The van der Waals surface area contributed by atoms with Gasteiger partial charge in [-0.3, -0.25) is 4.79 Å². The van der Waals surface area contributed by atoms with E-state index in [9.17, 15) is 4.79 Å². The average molecular weight is 200 g/mol. The van der Waals surface area contributed by atoms with Crippen molar-refractivity contribution in [2.24, 2.45) is 11.7 Å². The van der Waals surface area contributed by atoms with Crippen molar-refractivity contribution in [3.63, 3.8) is 0 Å². The predicted molar refractivity (Wildman–Crippen MR) is 54.8 cm³/mol. The highest BCUT2D eigenvalue weighted by Gasteiger charge is 2.28. The summed E-state index contributed by atoms with van der Waals surface area (Å²) >= 11 is 0. The lowest BCUT2D eigenvalue weighted by Gasteiger charge is -2.30. The van der Waals surface area contributed by atoms with Gasteiger partial charge in [0.1, 0.15) is 0 Å². The molecule has 1 atom stereocenters. The van der Waals surface area contributed by atoms with Crippen molar-refractivity contribution < 1.29 is 9.53 Å². The fourth-order valence-corrected chi connectivity index (χ4v) is 1.86. The van der Waals surface area contributed by atoms with E-state index in [0.29, 0.717) is 5.92 Å². The molecule has 4 heteroatoms. The molecule has 0 aliphatic carbocycles. The molecule has 0 aromatic heterocycles. The third-order valence-electron chi connectivity index (χ3n) is 2.56. The Hall–Kier alpha value is -0.610. The van der Waals surface area contributed by atoms with Gasteiger partial charge in [-0.25, -0.2) is 0 Å². The molecule has 82 valence electrons. The molecule has 1 aliphatic rings. The normalized spacial score (nSPS) is 21.1. The summed E-state index contributed by atoms with van der Waals surface area (Å²) < 4.78 is 5.25. The fourth-order valence-electron chi connectivity index (χ4n) is 1.86. The van der Waals surface area contributed by atoms with E-state index in [1.807, 2.05) is 13.8 Å². The maximum absolute atomic E-state index is 11.3. The minimum atomic E-state index is -0.245. The lowest BCUT2D eigenvalue weighted by atomic mass is 9.91. The maximum atomic E-state index is 11.3. The van der Waals surface area contributed by atoms with Gasteiger partial charge in [-0.15, -0.1) is 0 Å². The van der Waals surface area contributed by atoms with Crippen LogP contribution in [0.15, 0.2) is 0 Å². The summed E-state index contributed by atoms with van der Waals surface area (Å²) in [5.41, 5.74) is 5.37. The summed E-state index contributed by atoms with van der Waals surface area (Å²) in [4.78, 5) is 11.3. The molecule has 1 aliphatic heterocycles. The Kier molecular flexibility index (Phi) is 4.35. The topological polar surface area (TPSA) is 64.3 Å². The molecule has 0 aromatic carbocycles. The molecule has 4 nitrogen and oxygen atoms in total. The van der Waals surface area contributed by atoms with Gasteiger partial charge in [0.2, 0.25) is 5.91 Å². The van der Waals surface area contributed by atoms with Crippen molar-refractivity contribution in [3.05, 3.63) is 0 Å². The van der Waals surface area contributed by atoms with Crippen LogP contribution in [0.5, 0.6) is 0 Å². The molecule has 1 unspecified atom stereocenters. The second kappa shape index (κ2) is 5.32. The first kappa shape index (κ1) is 11.5. The third kappa shape index (κ3) is 3.27. The van der Waals surface area contributed by atoms with Crippen molar-refractivity contribution in [3.8, 4) is 0 Å². The number of nitrogens with one attached hydrogen (secondary N) is 1. The highest BCUT2D eigenvalue weighted by molar-refractivity contribution is 5.80. The lowest BCUT2D eigenvalue weighted by Crippen LogP contribution is -2.50. The SMILES string of the molecule is CC(C)NC(C(N)=O)C1CCOCC1. The van der Waals surface area contributed by atoms with Crippen molar-refractivity contribution in [1.82, 2.24) is 5.32 Å². The average Bonchev–Trinajstić information content (AvgIpc) is 2.15. The van der Waals surface area contributed by atoms with E-state index < -0.39 is 0 Å². The Morgan fingerprint density at radius 2 is 2.00 bits per heavy atom. The fraction of sp³-hybridized carbons (Fsp3) is 0.900. The van der Waals surface area contributed by atoms with Crippen LogP contribution in [0.4, 0.5) is 0 Å². The zero-order chi connectivity index (χ0) is 10.6. The first-order valence-corrected chi connectivity index (χ1v) is 5.24. The summed E-state index contributed by atoms with van der Waals surface area (Å²) in [5, 5.41) is 3.22. The van der Waals surface area contributed by atoms with Gasteiger partial charge in [-0.1, -0.05) is 13.8 Å². The molecule has 3 N–H and O–H groups in total. The van der Waals surface area contributed by atoms with Crippen LogP contribution in [-0.4, -0.2) is 31.2 Å². The van der Waals surface area contributed by atoms with Crippen LogP contribution in [0.2, 0.25) is 0 Å². The zero-order valence-corrected chi connectivity index (χ0v) is 8.95. The highest BCUT2D eigenvalue weighted by Crippen LogP contribution is 2.19. The molecule has 1 amide bonds. The van der Waals surface area contributed by atoms with E-state index in [4.69, 9.17) is 10.5 Å². The van der Waals surface area contributed by atoms with E-state index in [1.54, 1.807) is 0 Å². The molecule has 1 fully saturated rings. The zero-order valence-electron chi connectivity index (χ0n) is 8.95. The molecule has 0 bridgehead atoms. The van der Waals surface area contributed by atoms with Crippen LogP contribution >= 0.6 is 0 Å². The predicted octanol–water partition coefficient (Wildman–Crippen LogP) is 0.265. The van der Waals surface area contributed by atoms with Crippen LogP contribution in [0.1, 0.15) is 26.7 Å². The van der Waals surface area contributed by atoms with Crippen molar-refractivity contribution >= 4 is 5.91 Å². The van der Waals surface area contributed by atoms with Gasteiger partial charge in [-0.2, -0.15) is 0 Å². The van der Waals surface area contributed by atoms with Gasteiger partial charge in [0.05, 0.1) is 6.04 Å². The Balaban J connectivity index is 2.51. The van der Waals surface area contributed by atoms with Gasteiger partial charge in [0.15, 0.2) is 0 Å². The smallest absolute Gasteiger partial charge is 0.234 e. The number of hydrogen-bond acceptors (Lipinski definition) is 3. The van der Waals surface area contributed by atoms with E-state index in [0.717, 1.165) is 26.1 Å². The van der Waals surface area contributed by atoms with Gasteiger partial charge in [-0.05, 0) is 18.8 Å².